The van der Waals surface area contributed by atoms with Crippen LogP contribution in [-0.2, 0) is 6.42 Å². The van der Waals surface area contributed by atoms with E-state index in [0.29, 0.717) is 11.5 Å². The van der Waals surface area contributed by atoms with E-state index in [2.05, 4.69) is 47.7 Å². The van der Waals surface area contributed by atoms with Gasteiger partial charge in [-0.3, -0.25) is 0 Å². The van der Waals surface area contributed by atoms with Crippen LogP contribution in [0.25, 0.3) is 5.78 Å². The Labute approximate surface area is 124 Å². The molecule has 2 rings (SSSR count). The summed E-state index contributed by atoms with van der Waals surface area (Å²) in [5.41, 5.74) is 3.52. The van der Waals surface area contributed by atoms with Gasteiger partial charge in [-0.2, -0.15) is 4.98 Å². The van der Waals surface area contributed by atoms with Gasteiger partial charge in [0, 0.05) is 11.4 Å². The van der Waals surface area contributed by atoms with Crippen LogP contribution in [0.2, 0.25) is 0 Å². The SMILES string of the molecule is CC#CCSc1nc2nc(C)c(CCCC)c(C)n2n1. The maximum absolute atomic E-state index is 4.58. The van der Waals surface area contributed by atoms with Crippen LogP contribution >= 0.6 is 11.8 Å². The van der Waals surface area contributed by atoms with Crippen molar-refractivity contribution in [3.63, 3.8) is 0 Å². The molecule has 0 atom stereocenters. The second-order valence-electron chi connectivity index (χ2n) is 4.69. The van der Waals surface area contributed by atoms with Gasteiger partial charge in [0.25, 0.3) is 5.78 Å². The molecule has 2 aromatic heterocycles. The average Bonchev–Trinajstić information content (AvgIpc) is 2.82. The van der Waals surface area contributed by atoms with Crippen molar-refractivity contribution >= 4 is 17.5 Å². The van der Waals surface area contributed by atoms with Gasteiger partial charge >= 0.3 is 0 Å². The largest absolute Gasteiger partial charge is 0.253 e. The predicted octanol–water partition coefficient (Wildman–Crippen LogP) is 3.20. The minimum Gasteiger partial charge on any atom is -0.216 e. The molecule has 0 fully saturated rings. The lowest BCUT2D eigenvalue weighted by Gasteiger charge is -2.09. The van der Waals surface area contributed by atoms with Crippen molar-refractivity contribution in [1.29, 1.82) is 0 Å². The lowest BCUT2D eigenvalue weighted by Crippen LogP contribution is -2.05. The summed E-state index contributed by atoms with van der Waals surface area (Å²) in [6.07, 6.45) is 3.42. The summed E-state index contributed by atoms with van der Waals surface area (Å²) in [5, 5.41) is 5.28. The fourth-order valence-electron chi connectivity index (χ4n) is 2.14. The van der Waals surface area contributed by atoms with Gasteiger partial charge < -0.3 is 0 Å². The van der Waals surface area contributed by atoms with Crippen LogP contribution in [0.15, 0.2) is 5.16 Å². The van der Waals surface area contributed by atoms with E-state index in [1.807, 2.05) is 11.4 Å². The quantitative estimate of drug-likeness (QED) is 0.626. The highest BCUT2D eigenvalue weighted by Crippen LogP contribution is 2.19. The summed E-state index contributed by atoms with van der Waals surface area (Å²) in [6, 6.07) is 0. The zero-order valence-corrected chi connectivity index (χ0v) is 13.3. The molecule has 0 N–H and O–H groups in total. The van der Waals surface area contributed by atoms with Crippen molar-refractivity contribution in [2.75, 3.05) is 5.75 Å². The molecule has 4 nitrogen and oxygen atoms in total. The van der Waals surface area contributed by atoms with Crippen LogP contribution < -0.4 is 0 Å². The van der Waals surface area contributed by atoms with Gasteiger partial charge in [0.2, 0.25) is 5.16 Å². The molecule has 0 aliphatic heterocycles. The summed E-state index contributed by atoms with van der Waals surface area (Å²) >= 11 is 1.55. The van der Waals surface area contributed by atoms with Crippen LogP contribution in [-0.4, -0.2) is 25.3 Å². The molecule has 2 heterocycles. The fourth-order valence-corrected chi connectivity index (χ4v) is 2.77. The Bertz CT molecular complexity index is 664. The minimum absolute atomic E-state index is 0.687. The minimum atomic E-state index is 0.687. The summed E-state index contributed by atoms with van der Waals surface area (Å²) in [7, 11) is 0. The molecular formula is C15H20N4S. The second-order valence-corrected chi connectivity index (χ2v) is 5.63. The van der Waals surface area contributed by atoms with E-state index in [1.165, 1.54) is 18.4 Å². The molecule has 2 aromatic rings. The Morgan fingerprint density at radius 2 is 2.05 bits per heavy atom. The fraction of sp³-hybridized carbons (Fsp3) is 0.533. The van der Waals surface area contributed by atoms with E-state index in [9.17, 15) is 0 Å². The Hall–Kier alpha value is -1.54. The molecule has 0 radical (unpaired) electrons. The van der Waals surface area contributed by atoms with Gasteiger partial charge in [0.15, 0.2) is 0 Å². The van der Waals surface area contributed by atoms with Crippen molar-refractivity contribution in [1.82, 2.24) is 19.6 Å². The molecule has 0 saturated carbocycles. The first-order valence-corrected chi connectivity index (χ1v) is 7.91. The lowest BCUT2D eigenvalue weighted by molar-refractivity contribution is 0.754. The average molecular weight is 288 g/mol. The number of hydrogen-bond donors (Lipinski definition) is 0. The third-order valence-electron chi connectivity index (χ3n) is 3.26. The van der Waals surface area contributed by atoms with E-state index in [-0.39, 0.29) is 0 Å². The summed E-state index contributed by atoms with van der Waals surface area (Å²) < 4.78 is 1.86. The van der Waals surface area contributed by atoms with Crippen molar-refractivity contribution < 1.29 is 0 Å². The first-order valence-electron chi connectivity index (χ1n) is 6.92. The molecule has 5 heteroatoms. The van der Waals surface area contributed by atoms with Crippen LogP contribution in [0.4, 0.5) is 0 Å². The second kappa shape index (κ2) is 6.76. The highest BCUT2D eigenvalue weighted by molar-refractivity contribution is 7.99. The lowest BCUT2D eigenvalue weighted by atomic mass is 10.1. The van der Waals surface area contributed by atoms with Crippen LogP contribution in [0.5, 0.6) is 0 Å². The van der Waals surface area contributed by atoms with Gasteiger partial charge in [-0.25, -0.2) is 9.50 Å². The van der Waals surface area contributed by atoms with Gasteiger partial charge in [-0.05, 0) is 39.2 Å². The maximum atomic E-state index is 4.58. The highest BCUT2D eigenvalue weighted by Gasteiger charge is 2.13. The topological polar surface area (TPSA) is 43.1 Å². The molecule has 0 saturated heterocycles. The zero-order valence-electron chi connectivity index (χ0n) is 12.5. The van der Waals surface area contributed by atoms with Crippen molar-refractivity contribution in [3.05, 3.63) is 17.0 Å². The molecular weight excluding hydrogens is 268 g/mol. The number of nitrogens with zero attached hydrogens (tertiary/aromatic N) is 4. The summed E-state index contributed by atoms with van der Waals surface area (Å²) in [5.74, 6) is 7.29. The van der Waals surface area contributed by atoms with Crippen molar-refractivity contribution in [2.24, 2.45) is 0 Å². The van der Waals surface area contributed by atoms with Crippen molar-refractivity contribution in [2.45, 2.75) is 52.1 Å². The van der Waals surface area contributed by atoms with E-state index in [4.69, 9.17) is 0 Å². The summed E-state index contributed by atoms with van der Waals surface area (Å²) in [4.78, 5) is 9.04. The number of aromatic nitrogens is 4. The normalized spacial score (nSPS) is 10.6. The Morgan fingerprint density at radius 3 is 2.75 bits per heavy atom. The predicted molar refractivity (Wildman–Crippen MR) is 83.0 cm³/mol. The number of fused-ring (bicyclic) bond motifs is 1. The van der Waals surface area contributed by atoms with Gasteiger partial charge in [-0.1, -0.05) is 31.0 Å². The van der Waals surface area contributed by atoms with Gasteiger partial charge in [0.1, 0.15) is 0 Å². The molecule has 0 aromatic carbocycles. The summed E-state index contributed by atoms with van der Waals surface area (Å²) in [6.45, 7) is 8.20. The van der Waals surface area contributed by atoms with E-state index in [1.54, 1.807) is 11.8 Å². The molecule has 0 aliphatic carbocycles. The Morgan fingerprint density at radius 1 is 1.25 bits per heavy atom. The van der Waals surface area contributed by atoms with Crippen LogP contribution in [0.3, 0.4) is 0 Å². The molecule has 106 valence electrons. The highest BCUT2D eigenvalue weighted by atomic mass is 32.2. The zero-order chi connectivity index (χ0) is 14.5. The Kier molecular flexibility index (Phi) is 5.02. The van der Waals surface area contributed by atoms with Crippen LogP contribution in [0.1, 0.15) is 43.6 Å². The molecule has 0 bridgehead atoms. The van der Waals surface area contributed by atoms with Crippen LogP contribution in [0, 0.1) is 25.7 Å². The molecule has 0 amide bonds. The number of aryl methyl sites for hydroxylation is 2. The van der Waals surface area contributed by atoms with Gasteiger partial charge in [-0.15, -0.1) is 11.0 Å². The van der Waals surface area contributed by atoms with Crippen molar-refractivity contribution in [3.8, 4) is 11.8 Å². The number of rotatable bonds is 5. The molecule has 20 heavy (non-hydrogen) atoms. The maximum Gasteiger partial charge on any atom is 0.253 e. The van der Waals surface area contributed by atoms with E-state index >= 15 is 0 Å². The number of hydrogen-bond acceptors (Lipinski definition) is 4. The monoisotopic (exact) mass is 288 g/mol. The smallest absolute Gasteiger partial charge is 0.216 e. The third-order valence-corrected chi connectivity index (χ3v) is 3.98. The third kappa shape index (κ3) is 3.13. The van der Waals surface area contributed by atoms with E-state index < -0.39 is 0 Å². The first-order chi connectivity index (χ1) is 9.67. The Balaban J connectivity index is 2.35. The molecule has 0 aliphatic rings. The number of unbranched alkanes of at least 4 members (excludes halogenated alkanes) is 1. The molecule has 0 spiro atoms. The number of thioether (sulfide) groups is 1. The standard InChI is InChI=1S/C15H20N4S/c1-5-7-9-13-11(3)16-14-17-15(20-10-8-6-2)18-19(14)12(13)4/h5,7,9-10H2,1-4H3. The first kappa shape index (κ1) is 14.9. The van der Waals surface area contributed by atoms with Gasteiger partial charge in [0.05, 0.1) is 5.75 Å². The van der Waals surface area contributed by atoms with E-state index in [0.717, 1.165) is 23.0 Å². The molecule has 0 unspecified atom stereocenters.